The molecule has 2 fully saturated rings. The molecule has 2 N–H and O–H groups in total. The molecule has 0 aromatic heterocycles. The lowest BCUT2D eigenvalue weighted by Gasteiger charge is -2.21. The van der Waals surface area contributed by atoms with Crippen molar-refractivity contribution < 1.29 is 4.74 Å². The highest BCUT2D eigenvalue weighted by atomic mass is 16.5. The summed E-state index contributed by atoms with van der Waals surface area (Å²) < 4.78 is 5.95. The van der Waals surface area contributed by atoms with Crippen LogP contribution in [0.15, 0.2) is 4.99 Å². The third kappa shape index (κ3) is 7.70. The van der Waals surface area contributed by atoms with Gasteiger partial charge in [-0.3, -0.25) is 4.99 Å². The number of hydrogen-bond donors (Lipinski definition) is 2. The van der Waals surface area contributed by atoms with E-state index in [4.69, 9.17) is 4.74 Å². The van der Waals surface area contributed by atoms with Crippen LogP contribution in [0.4, 0.5) is 0 Å². The van der Waals surface area contributed by atoms with E-state index in [0.29, 0.717) is 6.10 Å². The molecule has 2 aliphatic carbocycles. The maximum atomic E-state index is 5.95. The SMILES string of the molecule is CN=C(NCCCCCOC1CCCCC1)NCC1CC1. The average molecular weight is 295 g/mol. The van der Waals surface area contributed by atoms with E-state index in [0.717, 1.165) is 31.6 Å². The maximum absolute atomic E-state index is 5.95. The lowest BCUT2D eigenvalue weighted by atomic mass is 9.98. The van der Waals surface area contributed by atoms with Crippen LogP contribution in [0.25, 0.3) is 0 Å². The number of aliphatic imine (C=N–C) groups is 1. The van der Waals surface area contributed by atoms with E-state index in [1.165, 1.54) is 64.2 Å². The first-order valence-electron chi connectivity index (χ1n) is 8.94. The van der Waals surface area contributed by atoms with Crippen molar-refractivity contribution in [1.82, 2.24) is 10.6 Å². The number of hydrogen-bond acceptors (Lipinski definition) is 2. The summed E-state index contributed by atoms with van der Waals surface area (Å²) in [5.74, 6) is 1.85. The number of nitrogens with zero attached hydrogens (tertiary/aromatic N) is 1. The van der Waals surface area contributed by atoms with Crippen LogP contribution in [-0.2, 0) is 4.74 Å². The Morgan fingerprint density at radius 2 is 1.81 bits per heavy atom. The fourth-order valence-electron chi connectivity index (χ4n) is 2.88. The molecule has 122 valence electrons. The fraction of sp³-hybridized carbons (Fsp3) is 0.941. The molecule has 0 heterocycles. The van der Waals surface area contributed by atoms with Crippen molar-refractivity contribution in [2.45, 2.75) is 70.3 Å². The van der Waals surface area contributed by atoms with Crippen molar-refractivity contribution in [2.75, 3.05) is 26.7 Å². The molecule has 2 rings (SSSR count). The summed E-state index contributed by atoms with van der Waals surface area (Å²) in [5.41, 5.74) is 0. The van der Waals surface area contributed by atoms with Gasteiger partial charge in [-0.05, 0) is 50.9 Å². The molecule has 0 atom stereocenters. The summed E-state index contributed by atoms with van der Waals surface area (Å²) in [6.45, 7) is 3.03. The molecule has 0 radical (unpaired) electrons. The first kappa shape index (κ1) is 16.6. The summed E-state index contributed by atoms with van der Waals surface area (Å²) in [4.78, 5) is 4.25. The minimum Gasteiger partial charge on any atom is -0.378 e. The zero-order chi connectivity index (χ0) is 14.8. The van der Waals surface area contributed by atoms with E-state index in [2.05, 4.69) is 15.6 Å². The molecule has 0 bridgehead atoms. The smallest absolute Gasteiger partial charge is 0.190 e. The number of rotatable bonds is 9. The highest BCUT2D eigenvalue weighted by molar-refractivity contribution is 5.79. The number of nitrogens with one attached hydrogen (secondary N) is 2. The van der Waals surface area contributed by atoms with Crippen LogP contribution in [-0.4, -0.2) is 38.8 Å². The van der Waals surface area contributed by atoms with Crippen molar-refractivity contribution in [1.29, 1.82) is 0 Å². The van der Waals surface area contributed by atoms with Crippen LogP contribution in [0.1, 0.15) is 64.2 Å². The molecular weight excluding hydrogens is 262 g/mol. The standard InChI is InChI=1S/C17H33N3O/c1-18-17(20-14-15-10-11-15)19-12-6-3-7-13-21-16-8-4-2-5-9-16/h15-16H,2-14H2,1H3,(H2,18,19,20). The average Bonchev–Trinajstić information content (AvgIpc) is 3.34. The first-order valence-corrected chi connectivity index (χ1v) is 8.94. The molecule has 4 nitrogen and oxygen atoms in total. The van der Waals surface area contributed by atoms with Gasteiger partial charge < -0.3 is 15.4 Å². The van der Waals surface area contributed by atoms with Crippen LogP contribution >= 0.6 is 0 Å². The zero-order valence-electron chi connectivity index (χ0n) is 13.7. The van der Waals surface area contributed by atoms with Gasteiger partial charge in [0.05, 0.1) is 6.10 Å². The van der Waals surface area contributed by atoms with Gasteiger partial charge in [-0.2, -0.15) is 0 Å². The Kier molecular flexibility index (Phi) is 7.94. The monoisotopic (exact) mass is 295 g/mol. The topological polar surface area (TPSA) is 45.7 Å². The van der Waals surface area contributed by atoms with Crippen LogP contribution < -0.4 is 10.6 Å². The predicted octanol–water partition coefficient (Wildman–Crippen LogP) is 3.08. The molecule has 0 aromatic rings. The van der Waals surface area contributed by atoms with Gasteiger partial charge in [0, 0.05) is 26.7 Å². The van der Waals surface area contributed by atoms with Gasteiger partial charge >= 0.3 is 0 Å². The van der Waals surface area contributed by atoms with Crippen molar-refractivity contribution in [2.24, 2.45) is 10.9 Å². The van der Waals surface area contributed by atoms with Crippen molar-refractivity contribution in [3.05, 3.63) is 0 Å². The highest BCUT2D eigenvalue weighted by Gasteiger charge is 2.20. The second-order valence-corrected chi connectivity index (χ2v) is 6.51. The molecule has 0 saturated heterocycles. The van der Waals surface area contributed by atoms with Crippen molar-refractivity contribution in [3.8, 4) is 0 Å². The van der Waals surface area contributed by atoms with Gasteiger partial charge in [-0.25, -0.2) is 0 Å². The van der Waals surface area contributed by atoms with Crippen molar-refractivity contribution >= 4 is 5.96 Å². The van der Waals surface area contributed by atoms with Crippen LogP contribution in [0.5, 0.6) is 0 Å². The Labute approximate surface area is 130 Å². The van der Waals surface area contributed by atoms with Gasteiger partial charge in [0.1, 0.15) is 0 Å². The third-order valence-electron chi connectivity index (χ3n) is 4.50. The predicted molar refractivity (Wildman–Crippen MR) is 88.8 cm³/mol. The van der Waals surface area contributed by atoms with Crippen LogP contribution in [0.2, 0.25) is 0 Å². The number of unbranched alkanes of at least 4 members (excludes halogenated alkanes) is 2. The third-order valence-corrected chi connectivity index (χ3v) is 4.50. The van der Waals surface area contributed by atoms with E-state index in [9.17, 15) is 0 Å². The van der Waals surface area contributed by atoms with E-state index in [1.807, 2.05) is 7.05 Å². The highest BCUT2D eigenvalue weighted by Crippen LogP contribution is 2.27. The van der Waals surface area contributed by atoms with Crippen LogP contribution in [0.3, 0.4) is 0 Å². The normalized spacial score (nSPS) is 20.5. The van der Waals surface area contributed by atoms with Gasteiger partial charge in [0.25, 0.3) is 0 Å². The lowest BCUT2D eigenvalue weighted by Crippen LogP contribution is -2.38. The quantitative estimate of drug-likeness (QED) is 0.390. The summed E-state index contributed by atoms with van der Waals surface area (Å²) >= 11 is 0. The second kappa shape index (κ2) is 10.0. The van der Waals surface area contributed by atoms with Gasteiger partial charge in [-0.15, -0.1) is 0 Å². The summed E-state index contributed by atoms with van der Waals surface area (Å²) in [6, 6.07) is 0. The first-order chi connectivity index (χ1) is 10.4. The Morgan fingerprint density at radius 3 is 2.52 bits per heavy atom. The Morgan fingerprint density at radius 1 is 1.00 bits per heavy atom. The molecule has 2 saturated carbocycles. The van der Waals surface area contributed by atoms with E-state index >= 15 is 0 Å². The molecule has 21 heavy (non-hydrogen) atoms. The lowest BCUT2D eigenvalue weighted by molar-refractivity contribution is 0.0264. The van der Waals surface area contributed by atoms with Crippen molar-refractivity contribution in [3.63, 3.8) is 0 Å². The molecule has 0 amide bonds. The molecule has 4 heteroatoms. The van der Waals surface area contributed by atoms with Gasteiger partial charge in [0.15, 0.2) is 5.96 Å². The molecule has 0 spiro atoms. The van der Waals surface area contributed by atoms with E-state index < -0.39 is 0 Å². The second-order valence-electron chi connectivity index (χ2n) is 6.51. The minimum atomic E-state index is 0.558. The van der Waals surface area contributed by atoms with Crippen LogP contribution in [0, 0.1) is 5.92 Å². The Bertz CT molecular complexity index is 296. The Balaban J connectivity index is 1.38. The summed E-state index contributed by atoms with van der Waals surface area (Å²) in [7, 11) is 1.85. The van der Waals surface area contributed by atoms with Gasteiger partial charge in [0.2, 0.25) is 0 Å². The van der Waals surface area contributed by atoms with E-state index in [-0.39, 0.29) is 0 Å². The minimum absolute atomic E-state index is 0.558. The van der Waals surface area contributed by atoms with E-state index in [1.54, 1.807) is 0 Å². The Hall–Kier alpha value is -0.770. The largest absolute Gasteiger partial charge is 0.378 e. The molecule has 0 unspecified atom stereocenters. The van der Waals surface area contributed by atoms with Gasteiger partial charge in [-0.1, -0.05) is 19.3 Å². The molecule has 0 aromatic carbocycles. The fourth-order valence-corrected chi connectivity index (χ4v) is 2.88. The number of guanidine groups is 1. The molecule has 0 aliphatic heterocycles. The summed E-state index contributed by atoms with van der Waals surface area (Å²) in [6.07, 6.45) is 13.6. The number of ether oxygens (including phenoxy) is 1. The summed E-state index contributed by atoms with van der Waals surface area (Å²) in [5, 5.41) is 6.78. The zero-order valence-corrected chi connectivity index (χ0v) is 13.7. The molecule has 2 aliphatic rings. The molecular formula is C17H33N3O. The maximum Gasteiger partial charge on any atom is 0.190 e.